The van der Waals surface area contributed by atoms with Crippen LogP contribution in [0.2, 0.25) is 0 Å². The smallest absolute Gasteiger partial charge is 0.0465 e. The van der Waals surface area contributed by atoms with E-state index >= 15 is 0 Å². The number of benzene rings is 7. The molecule has 2 bridgehead atoms. The Kier molecular flexibility index (Phi) is 6.66. The zero-order chi connectivity index (χ0) is 35.3. The summed E-state index contributed by atoms with van der Waals surface area (Å²) in [6, 6.07) is 61.7. The molecule has 1 spiro atoms. The third-order valence-corrected chi connectivity index (χ3v) is 13.6. The molecule has 0 heterocycles. The Morgan fingerprint density at radius 3 is 1.64 bits per heavy atom. The first-order valence-corrected chi connectivity index (χ1v) is 19.5. The standard InChI is InChI=1S/C52H43N/c1-51(2)47-14-8-6-12-43(47)45-29-27-42(32-49(45)51)53(40-23-17-36(18-24-40)35-10-4-3-5-11-35)41-25-19-37(20-26-41)38-21-28-46-44-13-7-9-15-48(44)52(50(46)31-38)33-34-16-22-39(52)30-34/h3-15,17-21,23-29,31-32,34,39H,16,22,30,33H2,1-2H3. The monoisotopic (exact) mass is 681 g/mol. The first-order chi connectivity index (χ1) is 26.0. The van der Waals surface area contributed by atoms with Crippen molar-refractivity contribution in [3.8, 4) is 44.5 Å². The second kappa shape index (κ2) is 11.4. The van der Waals surface area contributed by atoms with E-state index in [2.05, 4.69) is 183 Å². The molecule has 7 aromatic carbocycles. The lowest BCUT2D eigenvalue weighted by molar-refractivity contribution is 0.327. The van der Waals surface area contributed by atoms with Crippen LogP contribution in [0.4, 0.5) is 17.1 Å². The van der Waals surface area contributed by atoms with E-state index in [-0.39, 0.29) is 10.8 Å². The zero-order valence-electron chi connectivity index (χ0n) is 30.5. The van der Waals surface area contributed by atoms with Crippen LogP contribution < -0.4 is 4.90 Å². The van der Waals surface area contributed by atoms with Crippen molar-refractivity contribution in [2.75, 3.05) is 4.90 Å². The fourth-order valence-electron chi connectivity index (χ4n) is 11.1. The van der Waals surface area contributed by atoms with Gasteiger partial charge in [0.25, 0.3) is 0 Å². The van der Waals surface area contributed by atoms with E-state index in [4.69, 9.17) is 0 Å². The maximum Gasteiger partial charge on any atom is 0.0465 e. The molecule has 0 amide bonds. The van der Waals surface area contributed by atoms with Gasteiger partial charge in [0.2, 0.25) is 0 Å². The van der Waals surface area contributed by atoms with Crippen molar-refractivity contribution < 1.29 is 0 Å². The van der Waals surface area contributed by atoms with E-state index in [0.29, 0.717) is 0 Å². The number of fused-ring (bicyclic) bond motifs is 11. The summed E-state index contributed by atoms with van der Waals surface area (Å²) in [5, 5.41) is 0. The molecule has 0 saturated heterocycles. The minimum absolute atomic E-state index is 0.0714. The van der Waals surface area contributed by atoms with Gasteiger partial charge in [-0.1, -0.05) is 142 Å². The van der Waals surface area contributed by atoms with E-state index in [9.17, 15) is 0 Å². The van der Waals surface area contributed by atoms with Crippen LogP contribution in [-0.2, 0) is 10.8 Å². The summed E-state index contributed by atoms with van der Waals surface area (Å²) in [6.07, 6.45) is 5.47. The van der Waals surface area contributed by atoms with Gasteiger partial charge in [-0.05, 0) is 140 Å². The summed E-state index contributed by atoms with van der Waals surface area (Å²) in [5.74, 6) is 1.63. The Hall–Kier alpha value is -5.66. The molecular formula is C52H43N. The third-order valence-electron chi connectivity index (χ3n) is 13.6. The molecule has 1 nitrogen and oxygen atoms in total. The Morgan fingerprint density at radius 2 is 0.962 bits per heavy atom. The summed E-state index contributed by atoms with van der Waals surface area (Å²) in [6.45, 7) is 4.73. The van der Waals surface area contributed by atoms with E-state index < -0.39 is 0 Å². The van der Waals surface area contributed by atoms with Crippen LogP contribution in [0, 0.1) is 11.8 Å². The highest BCUT2D eigenvalue weighted by molar-refractivity contribution is 5.88. The largest absolute Gasteiger partial charge is 0.310 e. The Labute approximate surface area is 313 Å². The van der Waals surface area contributed by atoms with Crippen molar-refractivity contribution in [3.05, 3.63) is 186 Å². The second-order valence-electron chi connectivity index (χ2n) is 16.6. The lowest BCUT2D eigenvalue weighted by atomic mass is 9.66. The van der Waals surface area contributed by atoms with E-state index in [1.165, 1.54) is 87.0 Å². The molecule has 2 saturated carbocycles. The van der Waals surface area contributed by atoms with Crippen molar-refractivity contribution in [3.63, 3.8) is 0 Å². The molecule has 11 rings (SSSR count). The van der Waals surface area contributed by atoms with Crippen molar-refractivity contribution in [1.29, 1.82) is 0 Å². The van der Waals surface area contributed by atoms with Gasteiger partial charge in [0, 0.05) is 27.9 Å². The van der Waals surface area contributed by atoms with E-state index in [0.717, 1.165) is 23.2 Å². The summed E-state index contributed by atoms with van der Waals surface area (Å²) < 4.78 is 0. The van der Waals surface area contributed by atoms with Gasteiger partial charge < -0.3 is 4.90 Å². The van der Waals surface area contributed by atoms with E-state index in [1.807, 2.05) is 0 Å². The van der Waals surface area contributed by atoms with Gasteiger partial charge >= 0.3 is 0 Å². The quantitative estimate of drug-likeness (QED) is 0.175. The summed E-state index contributed by atoms with van der Waals surface area (Å²) in [4.78, 5) is 2.43. The predicted octanol–water partition coefficient (Wildman–Crippen LogP) is 13.9. The van der Waals surface area contributed by atoms with Crippen LogP contribution in [0.3, 0.4) is 0 Å². The maximum absolute atomic E-state index is 2.56. The number of rotatable bonds is 5. The second-order valence-corrected chi connectivity index (χ2v) is 16.6. The SMILES string of the molecule is CC1(C)c2ccccc2-c2ccc(N(c3ccc(-c4ccccc4)cc3)c3ccc(-c4ccc5c(c4)C4(CC6CCC4C6)c4ccccc4-5)cc3)cc21. The van der Waals surface area contributed by atoms with Crippen molar-refractivity contribution in [2.45, 2.75) is 50.4 Å². The van der Waals surface area contributed by atoms with Gasteiger partial charge in [-0.3, -0.25) is 0 Å². The molecule has 0 aliphatic heterocycles. The number of nitrogens with zero attached hydrogens (tertiary/aromatic N) is 1. The Bertz CT molecular complexity index is 2540. The van der Waals surface area contributed by atoms with Crippen molar-refractivity contribution >= 4 is 17.1 Å². The lowest BCUT2D eigenvalue weighted by Crippen LogP contribution is -2.31. The molecule has 256 valence electrons. The third kappa shape index (κ3) is 4.50. The van der Waals surface area contributed by atoms with Gasteiger partial charge in [-0.25, -0.2) is 0 Å². The molecule has 2 fully saturated rings. The van der Waals surface area contributed by atoms with Crippen LogP contribution >= 0.6 is 0 Å². The Balaban J connectivity index is 0.999. The van der Waals surface area contributed by atoms with Gasteiger partial charge in [0.1, 0.15) is 0 Å². The number of anilines is 3. The van der Waals surface area contributed by atoms with Crippen molar-refractivity contribution in [2.24, 2.45) is 11.8 Å². The average molecular weight is 682 g/mol. The van der Waals surface area contributed by atoms with E-state index in [1.54, 1.807) is 11.1 Å². The van der Waals surface area contributed by atoms with Crippen LogP contribution in [0.1, 0.15) is 61.8 Å². The molecule has 1 heteroatoms. The first-order valence-electron chi connectivity index (χ1n) is 19.5. The van der Waals surface area contributed by atoms with Crippen LogP contribution in [0.5, 0.6) is 0 Å². The highest BCUT2D eigenvalue weighted by Crippen LogP contribution is 2.66. The topological polar surface area (TPSA) is 3.24 Å². The highest BCUT2D eigenvalue weighted by Gasteiger charge is 2.56. The highest BCUT2D eigenvalue weighted by atomic mass is 15.1. The molecule has 4 aliphatic rings. The molecule has 4 aliphatic carbocycles. The average Bonchev–Trinajstić information content (AvgIpc) is 3.96. The first kappa shape index (κ1) is 30.9. The molecule has 53 heavy (non-hydrogen) atoms. The molecule has 7 aromatic rings. The fraction of sp³-hybridized carbons (Fsp3) is 0.192. The van der Waals surface area contributed by atoms with Crippen LogP contribution in [0.15, 0.2) is 164 Å². The van der Waals surface area contributed by atoms with Gasteiger partial charge in [-0.2, -0.15) is 0 Å². The van der Waals surface area contributed by atoms with Gasteiger partial charge in [0.05, 0.1) is 0 Å². The minimum Gasteiger partial charge on any atom is -0.310 e. The normalized spacial score (nSPS) is 20.9. The van der Waals surface area contributed by atoms with Crippen molar-refractivity contribution in [1.82, 2.24) is 0 Å². The minimum atomic E-state index is -0.0714. The summed E-state index contributed by atoms with van der Waals surface area (Å²) >= 11 is 0. The summed E-state index contributed by atoms with van der Waals surface area (Å²) in [7, 11) is 0. The van der Waals surface area contributed by atoms with Gasteiger partial charge in [-0.15, -0.1) is 0 Å². The predicted molar refractivity (Wildman–Crippen MR) is 221 cm³/mol. The fourth-order valence-corrected chi connectivity index (χ4v) is 11.1. The lowest BCUT2D eigenvalue weighted by Gasteiger charge is -2.36. The number of hydrogen-bond acceptors (Lipinski definition) is 1. The maximum atomic E-state index is 2.56. The van der Waals surface area contributed by atoms with Crippen LogP contribution in [0.25, 0.3) is 44.5 Å². The molecular weight excluding hydrogens is 639 g/mol. The van der Waals surface area contributed by atoms with Gasteiger partial charge in [0.15, 0.2) is 0 Å². The molecule has 0 N–H and O–H groups in total. The Morgan fingerprint density at radius 1 is 0.434 bits per heavy atom. The molecule has 0 aromatic heterocycles. The summed E-state index contributed by atoms with van der Waals surface area (Å²) in [5.41, 5.74) is 20.2. The molecule has 3 unspecified atom stereocenters. The zero-order valence-corrected chi connectivity index (χ0v) is 30.5. The van der Waals surface area contributed by atoms with Crippen LogP contribution in [-0.4, -0.2) is 0 Å². The molecule has 3 atom stereocenters. The number of hydrogen-bond donors (Lipinski definition) is 0. The molecule has 0 radical (unpaired) electrons.